The molecule has 1 aromatic carbocycles. The largest absolute Gasteiger partial charge is 0.362 e. The van der Waals surface area contributed by atoms with Crippen molar-refractivity contribution >= 4 is 44.9 Å². The molecule has 1 aliphatic heterocycles. The number of fused-ring (bicyclic) bond motifs is 1. The summed E-state index contributed by atoms with van der Waals surface area (Å²) in [6.45, 7) is 3.55. The van der Waals surface area contributed by atoms with E-state index in [1.807, 2.05) is 43.0 Å². The summed E-state index contributed by atoms with van der Waals surface area (Å²) >= 11 is 1.86. The van der Waals surface area contributed by atoms with Gasteiger partial charge in [0.2, 0.25) is 0 Å². The quantitative estimate of drug-likeness (QED) is 0.648. The highest BCUT2D eigenvalue weighted by Crippen LogP contribution is 2.22. The molecule has 0 amide bonds. The van der Waals surface area contributed by atoms with E-state index in [-0.39, 0.29) is 11.2 Å². The molecule has 0 bridgehead atoms. The molecule has 0 radical (unpaired) electrons. The fourth-order valence-electron chi connectivity index (χ4n) is 3.32. The summed E-state index contributed by atoms with van der Waals surface area (Å²) in [7, 11) is -2.09. The van der Waals surface area contributed by atoms with Crippen LogP contribution in [-0.2, 0) is 17.1 Å². The van der Waals surface area contributed by atoms with Gasteiger partial charge in [0.05, 0.1) is 23.5 Å². The van der Waals surface area contributed by atoms with Gasteiger partial charge in [-0.05, 0) is 18.6 Å². The summed E-state index contributed by atoms with van der Waals surface area (Å²) in [5.41, 5.74) is 3.11. The van der Waals surface area contributed by atoms with Gasteiger partial charge in [-0.15, -0.1) is 0 Å². The minimum absolute atomic E-state index is 0.145. The van der Waals surface area contributed by atoms with E-state index in [0.717, 1.165) is 41.1 Å². The Morgan fingerprint density at radius 3 is 2.57 bits per heavy atom. The van der Waals surface area contributed by atoms with Crippen molar-refractivity contribution in [3.63, 3.8) is 0 Å². The van der Waals surface area contributed by atoms with Crippen molar-refractivity contribution in [2.45, 2.75) is 6.92 Å². The minimum Gasteiger partial charge on any atom is -0.362 e. The van der Waals surface area contributed by atoms with Crippen LogP contribution < -0.4 is 15.2 Å². The number of hydrogen-bond donors (Lipinski definition) is 1. The Bertz CT molecular complexity index is 1250. The molecular weight excluding hydrogens is 422 g/mol. The molecule has 0 spiro atoms. The highest BCUT2D eigenvalue weighted by atomic mass is 32.2. The summed E-state index contributed by atoms with van der Waals surface area (Å²) in [5, 5.41) is 1.12. The summed E-state index contributed by atoms with van der Waals surface area (Å²) in [6.07, 6.45) is 4.54. The number of rotatable bonds is 5. The van der Waals surface area contributed by atoms with E-state index < -0.39 is 10.0 Å². The highest BCUT2D eigenvalue weighted by Gasteiger charge is 2.22. The average Bonchev–Trinajstić information content (AvgIpc) is 2.98. The molecule has 4 rings (SSSR count). The molecule has 2 aromatic heterocycles. The molecular formula is C20H23N5O3S2. The summed E-state index contributed by atoms with van der Waals surface area (Å²) < 4.78 is 30.5. The third-order valence-corrected chi connectivity index (χ3v) is 6.90. The van der Waals surface area contributed by atoms with E-state index in [1.54, 1.807) is 17.8 Å². The Morgan fingerprint density at radius 1 is 1.17 bits per heavy atom. The number of anilines is 2. The van der Waals surface area contributed by atoms with Gasteiger partial charge in [-0.2, -0.15) is 11.8 Å². The molecule has 3 heterocycles. The van der Waals surface area contributed by atoms with Crippen LogP contribution >= 0.6 is 11.8 Å². The Hall–Kier alpha value is -2.72. The van der Waals surface area contributed by atoms with Crippen LogP contribution in [0, 0.1) is 6.92 Å². The van der Waals surface area contributed by atoms with E-state index in [1.165, 1.54) is 17.0 Å². The van der Waals surface area contributed by atoms with E-state index in [9.17, 15) is 13.2 Å². The molecule has 1 N–H and O–H groups in total. The third-order valence-electron chi connectivity index (χ3n) is 4.94. The van der Waals surface area contributed by atoms with E-state index >= 15 is 0 Å². The van der Waals surface area contributed by atoms with Crippen molar-refractivity contribution in [1.29, 1.82) is 0 Å². The molecule has 30 heavy (non-hydrogen) atoms. The van der Waals surface area contributed by atoms with Gasteiger partial charge in [0.1, 0.15) is 5.69 Å². The second kappa shape index (κ2) is 8.19. The lowest BCUT2D eigenvalue weighted by atomic mass is 10.2. The number of sulfonamides is 1. The summed E-state index contributed by atoms with van der Waals surface area (Å²) in [4.78, 5) is 19.2. The van der Waals surface area contributed by atoms with Gasteiger partial charge in [0.15, 0.2) is 5.65 Å². The molecule has 1 saturated heterocycles. The van der Waals surface area contributed by atoms with Gasteiger partial charge in [0.25, 0.3) is 15.6 Å². The van der Waals surface area contributed by atoms with Gasteiger partial charge in [-0.3, -0.25) is 9.52 Å². The predicted molar refractivity (Wildman–Crippen MR) is 123 cm³/mol. The number of thioether (sulfide) groups is 1. The van der Waals surface area contributed by atoms with Crippen molar-refractivity contribution in [3.8, 4) is 0 Å². The monoisotopic (exact) mass is 445 g/mol. The fraction of sp³-hybridized carbons (Fsp3) is 0.300. The van der Waals surface area contributed by atoms with Crippen LogP contribution in [0.15, 0.2) is 46.9 Å². The van der Waals surface area contributed by atoms with Crippen LogP contribution in [0.4, 0.5) is 11.4 Å². The zero-order chi connectivity index (χ0) is 21.3. The molecule has 0 aliphatic carbocycles. The number of aromatic nitrogens is 3. The van der Waals surface area contributed by atoms with Crippen LogP contribution in [-0.4, -0.2) is 47.2 Å². The van der Waals surface area contributed by atoms with Crippen LogP contribution in [0.25, 0.3) is 11.7 Å². The van der Waals surface area contributed by atoms with Crippen molar-refractivity contribution in [1.82, 2.24) is 14.2 Å². The Labute approximate surface area is 179 Å². The molecule has 1 fully saturated rings. The number of benzene rings is 1. The lowest BCUT2D eigenvalue weighted by Crippen LogP contribution is -2.35. The lowest BCUT2D eigenvalue weighted by Gasteiger charge is -2.26. The lowest BCUT2D eigenvalue weighted by molar-refractivity contribution is 0.609. The fourth-order valence-corrected chi connectivity index (χ4v) is 5.06. The number of nitrogens with zero attached hydrogens (tertiary/aromatic N) is 4. The predicted octanol–water partition coefficient (Wildman–Crippen LogP) is 2.31. The van der Waals surface area contributed by atoms with Crippen molar-refractivity contribution in [2.75, 3.05) is 34.2 Å². The van der Waals surface area contributed by atoms with E-state index in [0.29, 0.717) is 11.3 Å². The smallest absolute Gasteiger partial charge is 0.292 e. The maximum absolute atomic E-state index is 12.8. The van der Waals surface area contributed by atoms with E-state index in [2.05, 4.69) is 14.6 Å². The molecule has 8 nitrogen and oxygen atoms in total. The van der Waals surface area contributed by atoms with Crippen LogP contribution in [0.5, 0.6) is 0 Å². The SMILES string of the molecule is Cc1ccc(C=CS(=O)(=O)Nc2cnc3c(N4CCSCC4)c(=O)n(C)n3c2)cc1. The zero-order valence-electron chi connectivity index (χ0n) is 16.8. The zero-order valence-corrected chi connectivity index (χ0v) is 18.4. The molecule has 0 atom stereocenters. The number of hydrogen-bond acceptors (Lipinski definition) is 6. The maximum Gasteiger partial charge on any atom is 0.292 e. The Kier molecular flexibility index (Phi) is 5.61. The van der Waals surface area contributed by atoms with Crippen molar-refractivity contribution in [2.24, 2.45) is 7.05 Å². The molecule has 0 unspecified atom stereocenters. The first kappa shape index (κ1) is 20.5. The molecule has 158 valence electrons. The first-order chi connectivity index (χ1) is 14.3. The number of aryl methyl sites for hydroxylation is 2. The van der Waals surface area contributed by atoms with Crippen LogP contribution in [0.3, 0.4) is 0 Å². The standard InChI is InChI=1S/C20H23N5O3S2/c1-15-3-5-16(6-4-15)7-12-30(27,28)22-17-13-21-19-18(24-8-10-29-11-9-24)20(26)23(2)25(19)14-17/h3-7,12-14,22H,8-11H2,1-2H3. The maximum atomic E-state index is 12.8. The van der Waals surface area contributed by atoms with Gasteiger partial charge in [-0.1, -0.05) is 29.8 Å². The highest BCUT2D eigenvalue weighted by molar-refractivity contribution is 7.99. The first-order valence-corrected chi connectivity index (χ1v) is 12.2. The molecule has 1 aliphatic rings. The Balaban J connectivity index is 1.61. The first-order valence-electron chi connectivity index (χ1n) is 9.52. The van der Waals surface area contributed by atoms with Gasteiger partial charge >= 0.3 is 0 Å². The normalized spacial score (nSPS) is 15.2. The average molecular weight is 446 g/mol. The minimum atomic E-state index is -3.73. The van der Waals surface area contributed by atoms with Crippen molar-refractivity contribution in [3.05, 3.63) is 63.5 Å². The topological polar surface area (TPSA) is 88.7 Å². The van der Waals surface area contributed by atoms with E-state index in [4.69, 9.17) is 0 Å². The summed E-state index contributed by atoms with van der Waals surface area (Å²) in [5.74, 6) is 1.93. The summed E-state index contributed by atoms with van der Waals surface area (Å²) in [6, 6.07) is 7.54. The third kappa shape index (κ3) is 4.24. The second-order valence-corrected chi connectivity index (χ2v) is 9.94. The van der Waals surface area contributed by atoms with Gasteiger partial charge in [-0.25, -0.2) is 22.6 Å². The molecule has 10 heteroatoms. The van der Waals surface area contributed by atoms with Crippen LogP contribution in [0.2, 0.25) is 0 Å². The van der Waals surface area contributed by atoms with Gasteiger partial charge in [0, 0.05) is 31.6 Å². The van der Waals surface area contributed by atoms with Gasteiger partial charge < -0.3 is 4.90 Å². The number of nitrogens with one attached hydrogen (secondary N) is 1. The van der Waals surface area contributed by atoms with Crippen LogP contribution in [0.1, 0.15) is 11.1 Å². The second-order valence-electron chi connectivity index (χ2n) is 7.15. The Morgan fingerprint density at radius 2 is 1.87 bits per heavy atom. The molecule has 3 aromatic rings. The van der Waals surface area contributed by atoms with Crippen molar-refractivity contribution < 1.29 is 8.42 Å². The molecule has 0 saturated carbocycles.